The van der Waals surface area contributed by atoms with Gasteiger partial charge >= 0.3 is 6.09 Å². The van der Waals surface area contributed by atoms with Crippen molar-refractivity contribution in [3.8, 4) is 5.75 Å². The Bertz CT molecular complexity index is 626. The summed E-state index contributed by atoms with van der Waals surface area (Å²) in [5.74, 6) is 0.900. The van der Waals surface area contributed by atoms with E-state index in [0.29, 0.717) is 12.1 Å². The Morgan fingerprint density at radius 1 is 0.926 bits per heavy atom. The molecule has 0 heterocycles. The van der Waals surface area contributed by atoms with Crippen molar-refractivity contribution in [1.29, 1.82) is 0 Å². The van der Waals surface area contributed by atoms with Crippen LogP contribution < -0.4 is 9.64 Å². The lowest BCUT2D eigenvalue weighted by molar-refractivity contribution is 0.0182. The number of benzene rings is 1. The van der Waals surface area contributed by atoms with Crippen LogP contribution in [0.2, 0.25) is 0 Å². The third-order valence-corrected chi connectivity index (χ3v) is 5.60. The van der Waals surface area contributed by atoms with Gasteiger partial charge in [0.15, 0.2) is 0 Å². The molecule has 0 radical (unpaired) electrons. The van der Waals surface area contributed by atoms with Crippen molar-refractivity contribution in [1.82, 2.24) is 4.90 Å². The molecule has 5 heteroatoms. The number of carbonyl (C=O) groups is 1. The Balaban J connectivity index is 1.60. The molecule has 2 saturated carbocycles. The predicted molar refractivity (Wildman–Crippen MR) is 109 cm³/mol. The van der Waals surface area contributed by atoms with E-state index in [4.69, 9.17) is 9.47 Å². The van der Waals surface area contributed by atoms with Crippen LogP contribution in [0.5, 0.6) is 5.75 Å². The maximum atomic E-state index is 12.4. The van der Waals surface area contributed by atoms with Crippen LogP contribution in [0.3, 0.4) is 0 Å². The number of carbonyl (C=O) groups excluding carboxylic acids is 1. The average Bonchev–Trinajstić information content (AvgIpc) is 3.46. The number of hydrogen-bond acceptors (Lipinski definition) is 4. The van der Waals surface area contributed by atoms with Crippen LogP contribution in [0.25, 0.3) is 0 Å². The van der Waals surface area contributed by atoms with E-state index in [1.54, 1.807) is 12.0 Å². The first-order chi connectivity index (χ1) is 12.8. The van der Waals surface area contributed by atoms with Crippen molar-refractivity contribution in [3.63, 3.8) is 0 Å². The second-order valence-corrected chi connectivity index (χ2v) is 8.89. The average molecular weight is 375 g/mol. The Kier molecular flexibility index (Phi) is 5.87. The fourth-order valence-corrected chi connectivity index (χ4v) is 4.03. The molecule has 2 aliphatic rings. The molecular weight excluding hydrogens is 340 g/mol. The fourth-order valence-electron chi connectivity index (χ4n) is 4.03. The second kappa shape index (κ2) is 7.99. The summed E-state index contributed by atoms with van der Waals surface area (Å²) in [6.45, 7) is 5.74. The minimum atomic E-state index is -0.445. The van der Waals surface area contributed by atoms with E-state index < -0.39 is 5.60 Å². The molecule has 0 atom stereocenters. The Morgan fingerprint density at radius 3 is 1.85 bits per heavy atom. The van der Waals surface area contributed by atoms with Gasteiger partial charge in [-0.15, -0.1) is 0 Å². The highest BCUT2D eigenvalue weighted by molar-refractivity contribution is 5.68. The molecule has 27 heavy (non-hydrogen) atoms. The summed E-state index contributed by atoms with van der Waals surface area (Å²) >= 11 is 0. The summed E-state index contributed by atoms with van der Waals surface area (Å²) in [6, 6.07) is 9.94. The first-order valence-electron chi connectivity index (χ1n) is 10.2. The number of ether oxygens (including phenoxy) is 2. The maximum absolute atomic E-state index is 12.4. The monoisotopic (exact) mass is 374 g/mol. The van der Waals surface area contributed by atoms with Crippen LogP contribution in [-0.2, 0) is 4.74 Å². The van der Waals surface area contributed by atoms with Crippen LogP contribution in [0.4, 0.5) is 10.5 Å². The van der Waals surface area contributed by atoms with Gasteiger partial charge in [-0.25, -0.2) is 4.79 Å². The molecule has 0 bridgehead atoms. The van der Waals surface area contributed by atoms with Crippen LogP contribution in [0.15, 0.2) is 24.3 Å². The summed E-state index contributed by atoms with van der Waals surface area (Å²) < 4.78 is 10.8. The minimum absolute atomic E-state index is 0.208. The van der Waals surface area contributed by atoms with Gasteiger partial charge in [0.1, 0.15) is 11.4 Å². The summed E-state index contributed by atoms with van der Waals surface area (Å²) in [4.78, 5) is 16.8. The van der Waals surface area contributed by atoms with Gasteiger partial charge in [0.25, 0.3) is 0 Å². The number of hydrogen-bond donors (Lipinski definition) is 0. The molecule has 1 aromatic rings. The quantitative estimate of drug-likeness (QED) is 0.739. The van der Waals surface area contributed by atoms with E-state index in [1.807, 2.05) is 40.0 Å². The molecule has 0 spiro atoms. The molecule has 0 unspecified atom stereocenters. The number of rotatable bonds is 5. The van der Waals surface area contributed by atoms with E-state index in [2.05, 4.69) is 17.0 Å². The Morgan fingerprint density at radius 2 is 1.41 bits per heavy atom. The fraction of sp³-hybridized carbons (Fsp3) is 0.682. The van der Waals surface area contributed by atoms with E-state index in [9.17, 15) is 4.79 Å². The van der Waals surface area contributed by atoms with E-state index in [-0.39, 0.29) is 12.1 Å². The molecule has 150 valence electrons. The number of methoxy groups -OCH3 is 1. The highest BCUT2D eigenvalue weighted by atomic mass is 16.6. The highest BCUT2D eigenvalue weighted by Gasteiger charge is 2.37. The normalized spacial score (nSPS) is 22.9. The van der Waals surface area contributed by atoms with Crippen molar-refractivity contribution in [3.05, 3.63) is 24.3 Å². The molecular formula is C22H34N2O3. The minimum Gasteiger partial charge on any atom is -0.497 e. The first-order valence-corrected chi connectivity index (χ1v) is 10.2. The van der Waals surface area contributed by atoms with Crippen molar-refractivity contribution >= 4 is 11.8 Å². The number of nitrogens with zero attached hydrogens (tertiary/aromatic N) is 2. The molecule has 0 aliphatic heterocycles. The van der Waals surface area contributed by atoms with Gasteiger partial charge in [0, 0.05) is 30.9 Å². The van der Waals surface area contributed by atoms with Gasteiger partial charge in [-0.3, -0.25) is 0 Å². The molecule has 3 rings (SSSR count). The lowest BCUT2D eigenvalue weighted by Gasteiger charge is -2.41. The number of anilines is 1. The van der Waals surface area contributed by atoms with Gasteiger partial charge in [-0.1, -0.05) is 0 Å². The largest absolute Gasteiger partial charge is 0.497 e. The Labute approximate surface area is 163 Å². The SMILES string of the molecule is COc1ccc(N(C2CCC(N(C)C(=O)OC(C)(C)C)CC2)C2CC2)cc1. The standard InChI is InChI=1S/C22H34N2O3/c1-22(2,3)27-21(25)23(4)16-6-8-17(9-7-16)24(18-10-11-18)19-12-14-20(26-5)15-13-19/h12-18H,6-11H2,1-5H3. The summed E-state index contributed by atoms with van der Waals surface area (Å²) in [7, 11) is 3.58. The molecule has 1 aromatic carbocycles. The summed E-state index contributed by atoms with van der Waals surface area (Å²) in [5.41, 5.74) is 0.849. The highest BCUT2D eigenvalue weighted by Crippen LogP contribution is 2.38. The zero-order valence-corrected chi connectivity index (χ0v) is 17.4. The van der Waals surface area contributed by atoms with Crippen molar-refractivity contribution in [2.24, 2.45) is 0 Å². The molecule has 0 saturated heterocycles. The summed E-state index contributed by atoms with van der Waals surface area (Å²) in [6.07, 6.45) is 6.63. The van der Waals surface area contributed by atoms with Gasteiger partial charge < -0.3 is 19.3 Å². The third kappa shape index (κ3) is 5.08. The topological polar surface area (TPSA) is 42.0 Å². The molecule has 5 nitrogen and oxygen atoms in total. The Hall–Kier alpha value is -1.91. The van der Waals surface area contributed by atoms with Crippen LogP contribution in [0.1, 0.15) is 59.3 Å². The van der Waals surface area contributed by atoms with E-state index in [1.165, 1.54) is 18.5 Å². The van der Waals surface area contributed by atoms with Crippen LogP contribution >= 0.6 is 0 Å². The van der Waals surface area contributed by atoms with Gasteiger partial charge in [-0.05, 0) is 83.6 Å². The van der Waals surface area contributed by atoms with Gasteiger partial charge in [-0.2, -0.15) is 0 Å². The molecule has 1 amide bonds. The predicted octanol–water partition coefficient (Wildman–Crippen LogP) is 4.84. The van der Waals surface area contributed by atoms with E-state index in [0.717, 1.165) is 31.4 Å². The van der Waals surface area contributed by atoms with E-state index >= 15 is 0 Å². The van der Waals surface area contributed by atoms with Gasteiger partial charge in [0.05, 0.1) is 7.11 Å². The molecule has 0 aromatic heterocycles. The van der Waals surface area contributed by atoms with Crippen molar-refractivity contribution < 1.29 is 14.3 Å². The van der Waals surface area contributed by atoms with Crippen molar-refractivity contribution in [2.45, 2.75) is 83.0 Å². The first kappa shape index (κ1) is 19.8. The third-order valence-electron chi connectivity index (χ3n) is 5.60. The molecule has 0 N–H and O–H groups in total. The van der Waals surface area contributed by atoms with Crippen LogP contribution in [-0.4, -0.2) is 48.9 Å². The van der Waals surface area contributed by atoms with Gasteiger partial charge in [0.2, 0.25) is 0 Å². The van der Waals surface area contributed by atoms with Crippen molar-refractivity contribution in [2.75, 3.05) is 19.1 Å². The van der Waals surface area contributed by atoms with Crippen LogP contribution in [0, 0.1) is 0 Å². The lowest BCUT2D eigenvalue weighted by Crippen LogP contribution is -2.46. The molecule has 2 fully saturated rings. The number of amides is 1. The molecule has 2 aliphatic carbocycles. The maximum Gasteiger partial charge on any atom is 0.410 e. The summed E-state index contributed by atoms with van der Waals surface area (Å²) in [5, 5.41) is 0. The zero-order chi connectivity index (χ0) is 19.6. The lowest BCUT2D eigenvalue weighted by atomic mass is 9.89. The second-order valence-electron chi connectivity index (χ2n) is 8.89. The smallest absolute Gasteiger partial charge is 0.410 e. The zero-order valence-electron chi connectivity index (χ0n) is 17.4.